The van der Waals surface area contributed by atoms with Gasteiger partial charge in [0.15, 0.2) is 6.10 Å². The topological polar surface area (TPSA) is 54.0 Å². The average Bonchev–Trinajstić information content (AvgIpc) is 2.51. The van der Waals surface area contributed by atoms with Crippen molar-refractivity contribution in [1.29, 1.82) is 0 Å². The van der Waals surface area contributed by atoms with Crippen molar-refractivity contribution in [3.05, 3.63) is 35.9 Å². The van der Waals surface area contributed by atoms with Crippen LogP contribution in [-0.4, -0.2) is 46.1 Å². The van der Waals surface area contributed by atoms with Crippen LogP contribution in [0.5, 0.6) is 0 Å². The van der Waals surface area contributed by atoms with Crippen molar-refractivity contribution in [2.75, 3.05) is 40.1 Å². The Labute approximate surface area is 126 Å². The highest BCUT2D eigenvalue weighted by Crippen LogP contribution is 2.18. The maximum Gasteiger partial charge on any atom is 0.339 e. The predicted molar refractivity (Wildman–Crippen MR) is 79.1 cm³/mol. The summed E-state index contributed by atoms with van der Waals surface area (Å²) in [7, 11) is 1.66. The number of ether oxygens (including phenoxy) is 4. The number of esters is 1. The van der Waals surface area contributed by atoms with Gasteiger partial charge in [0, 0.05) is 20.3 Å². The molecule has 1 unspecified atom stereocenters. The van der Waals surface area contributed by atoms with Crippen LogP contribution >= 0.6 is 0 Å². The van der Waals surface area contributed by atoms with Crippen molar-refractivity contribution in [1.82, 2.24) is 0 Å². The first kappa shape index (κ1) is 17.6. The van der Waals surface area contributed by atoms with Crippen LogP contribution in [0.2, 0.25) is 0 Å². The van der Waals surface area contributed by atoms with Crippen LogP contribution < -0.4 is 0 Å². The number of carbonyl (C=O) groups excluding carboxylic acids is 1. The molecule has 1 aromatic rings. The molecule has 0 amide bonds. The lowest BCUT2D eigenvalue weighted by Gasteiger charge is -2.16. The fourth-order valence-corrected chi connectivity index (χ4v) is 1.78. The van der Waals surface area contributed by atoms with Gasteiger partial charge in [-0.15, -0.1) is 0 Å². The van der Waals surface area contributed by atoms with E-state index in [0.717, 1.165) is 12.0 Å². The Morgan fingerprint density at radius 3 is 2.52 bits per heavy atom. The number of methoxy groups -OCH3 is 1. The SMILES string of the molecule is CCOC(=O)C(OCCOCCCOC)c1ccccc1. The monoisotopic (exact) mass is 296 g/mol. The highest BCUT2D eigenvalue weighted by molar-refractivity contribution is 5.76. The molecule has 0 aliphatic carbocycles. The third-order valence-corrected chi connectivity index (χ3v) is 2.75. The third kappa shape index (κ3) is 7.22. The van der Waals surface area contributed by atoms with E-state index in [1.165, 1.54) is 0 Å². The summed E-state index contributed by atoms with van der Waals surface area (Å²) in [4.78, 5) is 11.9. The van der Waals surface area contributed by atoms with Crippen LogP contribution in [0.25, 0.3) is 0 Å². The van der Waals surface area contributed by atoms with Crippen LogP contribution in [0.4, 0.5) is 0 Å². The Kier molecular flexibility index (Phi) is 9.44. The minimum Gasteiger partial charge on any atom is -0.464 e. The third-order valence-electron chi connectivity index (χ3n) is 2.75. The number of carbonyl (C=O) groups is 1. The summed E-state index contributed by atoms with van der Waals surface area (Å²) in [5.74, 6) is -0.372. The molecule has 0 aliphatic heterocycles. The number of benzene rings is 1. The summed E-state index contributed by atoms with van der Waals surface area (Å²) < 4.78 is 21.0. The van der Waals surface area contributed by atoms with Gasteiger partial charge in [-0.3, -0.25) is 0 Å². The fourth-order valence-electron chi connectivity index (χ4n) is 1.78. The lowest BCUT2D eigenvalue weighted by Crippen LogP contribution is -2.21. The fraction of sp³-hybridized carbons (Fsp3) is 0.562. The molecule has 5 nitrogen and oxygen atoms in total. The van der Waals surface area contributed by atoms with Gasteiger partial charge in [0.25, 0.3) is 0 Å². The van der Waals surface area contributed by atoms with Crippen LogP contribution in [-0.2, 0) is 23.7 Å². The van der Waals surface area contributed by atoms with Crippen molar-refractivity contribution in [3.8, 4) is 0 Å². The Morgan fingerprint density at radius 2 is 1.86 bits per heavy atom. The first-order valence-corrected chi connectivity index (χ1v) is 7.19. The van der Waals surface area contributed by atoms with E-state index in [1.807, 2.05) is 30.3 Å². The van der Waals surface area contributed by atoms with E-state index in [0.29, 0.717) is 33.0 Å². The molecule has 0 saturated heterocycles. The van der Waals surface area contributed by atoms with Gasteiger partial charge >= 0.3 is 5.97 Å². The Bertz CT molecular complexity index is 380. The van der Waals surface area contributed by atoms with E-state index in [-0.39, 0.29) is 5.97 Å². The van der Waals surface area contributed by atoms with Crippen LogP contribution in [0.1, 0.15) is 25.0 Å². The second-order valence-corrected chi connectivity index (χ2v) is 4.37. The largest absolute Gasteiger partial charge is 0.464 e. The molecule has 0 saturated carbocycles. The molecule has 0 radical (unpaired) electrons. The van der Waals surface area contributed by atoms with E-state index in [2.05, 4.69) is 0 Å². The molecule has 21 heavy (non-hydrogen) atoms. The molecule has 0 aliphatic rings. The van der Waals surface area contributed by atoms with Crippen LogP contribution in [0.3, 0.4) is 0 Å². The van der Waals surface area contributed by atoms with E-state index in [1.54, 1.807) is 14.0 Å². The molecule has 5 heteroatoms. The van der Waals surface area contributed by atoms with Gasteiger partial charge in [-0.2, -0.15) is 0 Å². The van der Waals surface area contributed by atoms with Gasteiger partial charge in [-0.1, -0.05) is 30.3 Å². The minimum atomic E-state index is -0.700. The van der Waals surface area contributed by atoms with Gasteiger partial charge in [0.1, 0.15) is 0 Å². The zero-order valence-electron chi connectivity index (χ0n) is 12.7. The Hall–Kier alpha value is -1.43. The predicted octanol–water partition coefficient (Wildman–Crippen LogP) is 2.36. The molecule has 1 atom stereocenters. The molecular formula is C16H24O5. The van der Waals surface area contributed by atoms with Crippen molar-refractivity contribution in [2.24, 2.45) is 0 Å². The van der Waals surface area contributed by atoms with Crippen molar-refractivity contribution in [2.45, 2.75) is 19.4 Å². The molecule has 0 spiro atoms. The molecule has 0 N–H and O–H groups in total. The summed E-state index contributed by atoms with van der Waals surface area (Å²) >= 11 is 0. The first-order valence-electron chi connectivity index (χ1n) is 7.19. The Morgan fingerprint density at radius 1 is 1.10 bits per heavy atom. The lowest BCUT2D eigenvalue weighted by atomic mass is 10.1. The highest BCUT2D eigenvalue weighted by atomic mass is 16.6. The van der Waals surface area contributed by atoms with Gasteiger partial charge < -0.3 is 18.9 Å². The summed E-state index contributed by atoms with van der Waals surface area (Å²) in [5.41, 5.74) is 0.787. The number of hydrogen-bond donors (Lipinski definition) is 0. The summed E-state index contributed by atoms with van der Waals surface area (Å²) in [6.07, 6.45) is 0.143. The van der Waals surface area contributed by atoms with E-state index >= 15 is 0 Å². The molecule has 0 aromatic heterocycles. The molecule has 118 valence electrons. The normalized spacial score (nSPS) is 12.1. The summed E-state index contributed by atoms with van der Waals surface area (Å²) in [6, 6.07) is 9.32. The second-order valence-electron chi connectivity index (χ2n) is 4.37. The highest BCUT2D eigenvalue weighted by Gasteiger charge is 2.22. The lowest BCUT2D eigenvalue weighted by molar-refractivity contribution is -0.158. The molecule has 0 bridgehead atoms. The standard InChI is InChI=1S/C16H24O5/c1-3-20-16(17)15(14-8-5-4-6-9-14)21-13-12-19-11-7-10-18-2/h4-6,8-9,15H,3,7,10-13H2,1-2H3. The second kappa shape index (κ2) is 11.3. The van der Waals surface area contributed by atoms with Gasteiger partial charge in [0.05, 0.1) is 19.8 Å². The first-order chi connectivity index (χ1) is 10.3. The number of rotatable bonds is 11. The zero-order chi connectivity index (χ0) is 15.3. The molecular weight excluding hydrogens is 272 g/mol. The quantitative estimate of drug-likeness (QED) is 0.463. The van der Waals surface area contributed by atoms with Crippen molar-refractivity contribution >= 4 is 5.97 Å². The van der Waals surface area contributed by atoms with Gasteiger partial charge in [0.2, 0.25) is 0 Å². The molecule has 0 fully saturated rings. The van der Waals surface area contributed by atoms with Gasteiger partial charge in [-0.25, -0.2) is 4.79 Å². The summed E-state index contributed by atoms with van der Waals surface area (Å²) in [6.45, 7) is 4.18. The average molecular weight is 296 g/mol. The maximum absolute atomic E-state index is 11.9. The minimum absolute atomic E-state index is 0.332. The van der Waals surface area contributed by atoms with Gasteiger partial charge in [-0.05, 0) is 18.9 Å². The zero-order valence-corrected chi connectivity index (χ0v) is 12.7. The summed E-state index contributed by atoms with van der Waals surface area (Å²) in [5, 5.41) is 0. The van der Waals surface area contributed by atoms with E-state index in [9.17, 15) is 4.79 Å². The molecule has 0 heterocycles. The van der Waals surface area contributed by atoms with Crippen LogP contribution in [0, 0.1) is 0 Å². The molecule has 1 rings (SSSR count). The van der Waals surface area contributed by atoms with E-state index < -0.39 is 6.10 Å². The van der Waals surface area contributed by atoms with Crippen LogP contribution in [0.15, 0.2) is 30.3 Å². The van der Waals surface area contributed by atoms with Crippen molar-refractivity contribution < 1.29 is 23.7 Å². The Balaban J connectivity index is 2.38. The molecule has 1 aromatic carbocycles. The smallest absolute Gasteiger partial charge is 0.339 e. The maximum atomic E-state index is 11.9. The van der Waals surface area contributed by atoms with E-state index in [4.69, 9.17) is 18.9 Å². The van der Waals surface area contributed by atoms with Crippen molar-refractivity contribution in [3.63, 3.8) is 0 Å². The number of hydrogen-bond acceptors (Lipinski definition) is 5.